The van der Waals surface area contributed by atoms with Gasteiger partial charge in [-0.1, -0.05) is 25.2 Å². The van der Waals surface area contributed by atoms with Crippen molar-refractivity contribution in [3.05, 3.63) is 80.3 Å². The van der Waals surface area contributed by atoms with Crippen LogP contribution in [0.5, 0.6) is 0 Å². The van der Waals surface area contributed by atoms with Crippen LogP contribution in [0.3, 0.4) is 0 Å². The Balaban J connectivity index is 1.80. The van der Waals surface area contributed by atoms with Crippen molar-refractivity contribution in [1.82, 2.24) is 0 Å². The third-order valence-corrected chi connectivity index (χ3v) is 11.7. The Bertz CT molecular complexity index is 1580. The molecule has 6 nitrogen and oxygen atoms in total. The second-order valence-electron chi connectivity index (χ2n) is 10.6. The molecule has 0 aromatic heterocycles. The van der Waals surface area contributed by atoms with Crippen LogP contribution in [-0.2, 0) is 0 Å². The molecule has 0 aliphatic carbocycles. The van der Waals surface area contributed by atoms with E-state index in [0.29, 0.717) is 11.1 Å². The first-order valence-electron chi connectivity index (χ1n) is 12.6. The molecule has 3 aliphatic rings. The van der Waals surface area contributed by atoms with Gasteiger partial charge >= 0.3 is 0 Å². The molecule has 196 valence electrons. The zero-order valence-electron chi connectivity index (χ0n) is 21.0. The van der Waals surface area contributed by atoms with Crippen LogP contribution in [0.15, 0.2) is 41.6 Å². The minimum absolute atomic E-state index is 0.170. The van der Waals surface area contributed by atoms with Gasteiger partial charge in [0.05, 0.1) is 0 Å². The first-order valence-corrected chi connectivity index (χ1v) is 15.6. The predicted molar refractivity (Wildman–Crippen MR) is 145 cm³/mol. The summed E-state index contributed by atoms with van der Waals surface area (Å²) in [5.74, 6) is -6.64. The van der Waals surface area contributed by atoms with E-state index in [1.807, 2.05) is 24.3 Å². The Morgan fingerprint density at radius 3 is 1.71 bits per heavy atom. The Morgan fingerprint density at radius 1 is 0.816 bits per heavy atom. The number of aliphatic hydroxyl groups is 2. The first-order chi connectivity index (χ1) is 18.1. The van der Waals surface area contributed by atoms with Crippen molar-refractivity contribution < 1.29 is 23.4 Å². The fraction of sp³-hybridized carbons (Fsp3) is 0.286. The molecule has 0 radical (unpaired) electrons. The standard InChI is InChI=1S/C28H26F3N3O3Si/c1-38(2)19-13-15(33-9-3-10-33)5-7-17(19)21(18-8-6-16(14-20(18)38)34-11-4-12-34)22-23(28(35)36)24(29)26(31)27(32-37)25(22)30/h5-8,13-14,35-36H,3-4,9-12H2,1-2H3. The number of hydrogen-bond donors (Lipinski definition) is 2. The van der Waals surface area contributed by atoms with Crippen molar-refractivity contribution in [2.75, 3.05) is 36.0 Å². The molecule has 0 unspecified atom stereocenters. The van der Waals surface area contributed by atoms with E-state index >= 15 is 8.78 Å². The normalized spacial score (nSPS) is 17.3. The lowest BCUT2D eigenvalue weighted by Gasteiger charge is -2.40. The number of benzene rings is 3. The van der Waals surface area contributed by atoms with Crippen molar-refractivity contribution in [2.24, 2.45) is 5.18 Å². The molecule has 3 aromatic carbocycles. The van der Waals surface area contributed by atoms with Gasteiger partial charge in [-0.15, -0.1) is 4.91 Å². The molecular formula is C28H26F3N3O3Si. The third-order valence-electron chi connectivity index (χ3n) is 8.20. The maximum Gasteiger partial charge on any atom is 0.285 e. The summed E-state index contributed by atoms with van der Waals surface area (Å²) >= 11 is 0. The molecule has 2 fully saturated rings. The number of fused-ring (bicyclic) bond motifs is 2. The number of nitrogens with zero attached hydrogens (tertiary/aromatic N) is 3. The molecule has 0 atom stereocenters. The van der Waals surface area contributed by atoms with Gasteiger partial charge in [-0.3, -0.25) is 0 Å². The van der Waals surface area contributed by atoms with Crippen molar-refractivity contribution in [3.8, 4) is 0 Å². The molecule has 0 amide bonds. The SMILES string of the molecule is C[Si]1(C)c2cc(N3CCC3)ccc2C(=c2c(F)c(N=O)c(F)c(F)c2=C(O)O)c2ccc(N3CCC3)cc21. The van der Waals surface area contributed by atoms with Gasteiger partial charge < -0.3 is 20.0 Å². The van der Waals surface area contributed by atoms with Gasteiger partial charge in [0.25, 0.3) is 5.95 Å². The largest absolute Gasteiger partial charge is 0.481 e. The van der Waals surface area contributed by atoms with E-state index in [1.54, 1.807) is 0 Å². The molecule has 38 heavy (non-hydrogen) atoms. The van der Waals surface area contributed by atoms with Gasteiger partial charge in [-0.25, -0.2) is 13.2 Å². The van der Waals surface area contributed by atoms with Crippen LogP contribution in [0.4, 0.5) is 30.2 Å². The van der Waals surface area contributed by atoms with E-state index in [9.17, 15) is 19.5 Å². The maximum atomic E-state index is 15.9. The molecule has 3 heterocycles. The molecule has 2 saturated heterocycles. The quantitative estimate of drug-likeness (QED) is 0.304. The summed E-state index contributed by atoms with van der Waals surface area (Å²) in [7, 11) is -2.43. The first kappa shape index (κ1) is 24.5. The van der Waals surface area contributed by atoms with Crippen molar-refractivity contribution in [2.45, 2.75) is 25.9 Å². The summed E-state index contributed by atoms with van der Waals surface area (Å²) in [4.78, 5) is 15.9. The minimum atomic E-state index is -2.43. The topological polar surface area (TPSA) is 76.4 Å². The second kappa shape index (κ2) is 8.62. The van der Waals surface area contributed by atoms with Gasteiger partial charge in [0.2, 0.25) is 0 Å². The molecule has 3 aliphatic heterocycles. The summed E-state index contributed by atoms with van der Waals surface area (Å²) in [5.41, 5.74) is 2.04. The number of nitroso groups, excluding NO2 is 1. The Kier molecular flexibility index (Phi) is 5.57. The summed E-state index contributed by atoms with van der Waals surface area (Å²) in [6.07, 6.45) is 2.18. The molecule has 0 saturated carbocycles. The van der Waals surface area contributed by atoms with Crippen LogP contribution < -0.4 is 30.6 Å². The maximum absolute atomic E-state index is 15.9. The molecule has 3 aromatic rings. The molecular weight excluding hydrogens is 511 g/mol. The highest BCUT2D eigenvalue weighted by Gasteiger charge is 2.39. The second-order valence-corrected chi connectivity index (χ2v) is 14.9. The smallest absolute Gasteiger partial charge is 0.285 e. The van der Waals surface area contributed by atoms with E-state index in [1.165, 1.54) is 0 Å². The highest BCUT2D eigenvalue weighted by atomic mass is 28.3. The molecule has 2 N–H and O–H groups in total. The van der Waals surface area contributed by atoms with E-state index < -0.39 is 47.6 Å². The Labute approximate surface area is 217 Å². The summed E-state index contributed by atoms with van der Waals surface area (Å²) in [5, 5.41) is 22.7. The van der Waals surface area contributed by atoms with E-state index in [4.69, 9.17) is 0 Å². The van der Waals surface area contributed by atoms with E-state index in [0.717, 1.165) is 60.8 Å². The zero-order valence-corrected chi connectivity index (χ0v) is 22.0. The zero-order chi connectivity index (χ0) is 26.9. The molecule has 0 bridgehead atoms. The summed E-state index contributed by atoms with van der Waals surface area (Å²) in [6.45, 7) is 8.09. The van der Waals surface area contributed by atoms with Crippen LogP contribution in [-0.4, -0.2) is 44.5 Å². The van der Waals surface area contributed by atoms with Gasteiger partial charge in [-0.2, -0.15) is 0 Å². The Hall–Kier alpha value is -3.79. The monoisotopic (exact) mass is 537 g/mol. The number of rotatable bonds is 3. The lowest BCUT2D eigenvalue weighted by molar-refractivity contribution is 0.293. The third kappa shape index (κ3) is 3.39. The molecule has 6 rings (SSSR count). The summed E-state index contributed by atoms with van der Waals surface area (Å²) < 4.78 is 45.6. The predicted octanol–water partition coefficient (Wildman–Crippen LogP) is 3.49. The fourth-order valence-corrected chi connectivity index (χ4v) is 8.88. The highest BCUT2D eigenvalue weighted by molar-refractivity contribution is 7.02. The lowest BCUT2D eigenvalue weighted by Crippen LogP contribution is -2.59. The summed E-state index contributed by atoms with van der Waals surface area (Å²) in [6, 6.07) is 11.6. The number of anilines is 2. The van der Waals surface area contributed by atoms with Crippen LogP contribution >= 0.6 is 0 Å². The van der Waals surface area contributed by atoms with Crippen LogP contribution in [0.2, 0.25) is 13.1 Å². The highest BCUT2D eigenvalue weighted by Crippen LogP contribution is 2.34. The lowest BCUT2D eigenvalue weighted by atomic mass is 9.92. The fourth-order valence-electron chi connectivity index (χ4n) is 5.81. The van der Waals surface area contributed by atoms with Gasteiger partial charge in [-0.05, 0) is 69.4 Å². The van der Waals surface area contributed by atoms with E-state index in [2.05, 4.69) is 40.2 Å². The molecule has 10 heteroatoms. The van der Waals surface area contributed by atoms with Crippen molar-refractivity contribution in [3.63, 3.8) is 0 Å². The van der Waals surface area contributed by atoms with Crippen molar-refractivity contribution >= 4 is 47.0 Å². The van der Waals surface area contributed by atoms with Crippen LogP contribution in [0.25, 0.3) is 11.5 Å². The van der Waals surface area contributed by atoms with Crippen LogP contribution in [0, 0.1) is 22.4 Å². The van der Waals surface area contributed by atoms with Crippen molar-refractivity contribution in [1.29, 1.82) is 0 Å². The average Bonchev–Trinajstić information content (AvgIpc) is 2.81. The van der Waals surface area contributed by atoms with Gasteiger partial charge in [0.1, 0.15) is 13.3 Å². The molecule has 0 spiro atoms. The average molecular weight is 538 g/mol. The van der Waals surface area contributed by atoms with Gasteiger partial charge in [0, 0.05) is 42.8 Å². The van der Waals surface area contributed by atoms with E-state index in [-0.39, 0.29) is 5.57 Å². The van der Waals surface area contributed by atoms with Crippen LogP contribution in [0.1, 0.15) is 24.0 Å². The number of hydrogen-bond acceptors (Lipinski definition) is 6. The number of halogens is 3. The Morgan fingerprint density at radius 2 is 1.32 bits per heavy atom. The minimum Gasteiger partial charge on any atom is -0.481 e. The number of aliphatic hydroxyl groups excluding tert-OH is 1. The van der Waals surface area contributed by atoms with Gasteiger partial charge in [0.15, 0.2) is 23.1 Å².